The molecule has 1 aromatic heterocycles. The van der Waals surface area contributed by atoms with Gasteiger partial charge in [0.2, 0.25) is 0 Å². The fourth-order valence-electron chi connectivity index (χ4n) is 2.42. The van der Waals surface area contributed by atoms with Crippen LogP contribution in [0.3, 0.4) is 0 Å². The molecule has 5 nitrogen and oxygen atoms in total. The van der Waals surface area contributed by atoms with Crippen molar-refractivity contribution >= 4 is 46.5 Å². The molecular weight excluding hydrogens is 340 g/mol. The molecule has 3 N–H and O–H groups in total. The number of carbonyl (C=O) groups is 2. The van der Waals surface area contributed by atoms with Crippen LogP contribution < -0.4 is 5.73 Å². The maximum absolute atomic E-state index is 11.5. The number of carbonyl (C=O) groups excluding carboxylic acids is 1. The molecule has 0 saturated heterocycles. The first-order valence-electron chi connectivity index (χ1n) is 7.35. The number of carboxylic acids is 1. The minimum atomic E-state index is -1.14. The number of aromatic carboxylic acids is 1. The highest BCUT2D eigenvalue weighted by molar-refractivity contribution is 6.30. The molecule has 0 aliphatic heterocycles. The molecule has 6 heteroatoms. The third-order valence-electron chi connectivity index (χ3n) is 3.65. The average molecular weight is 353 g/mol. The molecule has 3 rings (SSSR count). The van der Waals surface area contributed by atoms with E-state index in [0.29, 0.717) is 15.9 Å². The highest BCUT2D eigenvalue weighted by Crippen LogP contribution is 2.22. The van der Waals surface area contributed by atoms with Gasteiger partial charge in [-0.2, -0.15) is 0 Å². The van der Waals surface area contributed by atoms with Gasteiger partial charge in [0, 0.05) is 10.4 Å². The number of hydrogen-bond acceptors (Lipinski definition) is 3. The molecule has 0 bridgehead atoms. The monoisotopic (exact) mass is 352 g/mol. The normalized spacial score (nSPS) is 11.1. The summed E-state index contributed by atoms with van der Waals surface area (Å²) in [6.07, 6.45) is 3.75. The van der Waals surface area contributed by atoms with Gasteiger partial charge in [-0.1, -0.05) is 42.0 Å². The van der Waals surface area contributed by atoms with Crippen molar-refractivity contribution < 1.29 is 14.7 Å². The van der Waals surface area contributed by atoms with Crippen molar-refractivity contribution in [1.29, 1.82) is 0 Å². The number of hydrogen-bond donors (Lipinski definition) is 2. The van der Waals surface area contributed by atoms with Gasteiger partial charge in [0.25, 0.3) is 5.91 Å². The highest BCUT2D eigenvalue weighted by Gasteiger charge is 2.14. The number of nitrogens with zero attached hydrogens (tertiary/aromatic N) is 1. The van der Waals surface area contributed by atoms with Crippen molar-refractivity contribution in [3.8, 4) is 0 Å². The minimum Gasteiger partial charge on any atom is -0.478 e. The van der Waals surface area contributed by atoms with E-state index in [-0.39, 0.29) is 11.3 Å². The molecule has 1 amide bonds. The van der Waals surface area contributed by atoms with Crippen molar-refractivity contribution in [2.75, 3.05) is 0 Å². The van der Waals surface area contributed by atoms with Crippen LogP contribution >= 0.6 is 11.6 Å². The molecule has 2 aromatic carbocycles. The summed E-state index contributed by atoms with van der Waals surface area (Å²) < 4.78 is 0. The Kier molecular flexibility index (Phi) is 4.50. The first-order valence-corrected chi connectivity index (χ1v) is 7.73. The van der Waals surface area contributed by atoms with Crippen LogP contribution in [0.15, 0.2) is 48.5 Å². The zero-order valence-corrected chi connectivity index (χ0v) is 13.7. The Morgan fingerprint density at radius 2 is 1.64 bits per heavy atom. The first-order chi connectivity index (χ1) is 11.9. The maximum atomic E-state index is 11.5. The Morgan fingerprint density at radius 1 is 1.00 bits per heavy atom. The summed E-state index contributed by atoms with van der Waals surface area (Å²) >= 11 is 5.86. The van der Waals surface area contributed by atoms with Gasteiger partial charge in [0.1, 0.15) is 5.69 Å². The smallest absolute Gasteiger partial charge is 0.336 e. The summed E-state index contributed by atoms with van der Waals surface area (Å²) in [4.78, 5) is 26.9. The molecule has 3 aromatic rings. The van der Waals surface area contributed by atoms with Gasteiger partial charge in [-0.3, -0.25) is 4.79 Å². The quantitative estimate of drug-likeness (QED) is 0.697. The average Bonchev–Trinajstić information content (AvgIpc) is 2.59. The predicted octanol–water partition coefficient (Wildman–Crippen LogP) is 3.86. The fraction of sp³-hybridized carbons (Fsp3) is 0. The van der Waals surface area contributed by atoms with E-state index < -0.39 is 11.9 Å². The molecule has 0 spiro atoms. The van der Waals surface area contributed by atoms with Crippen LogP contribution in [-0.2, 0) is 0 Å². The number of carboxylic acid groups (broad SMARTS) is 1. The molecule has 0 atom stereocenters. The number of benzene rings is 2. The van der Waals surface area contributed by atoms with E-state index in [9.17, 15) is 14.7 Å². The van der Waals surface area contributed by atoms with Gasteiger partial charge in [-0.05, 0) is 41.5 Å². The van der Waals surface area contributed by atoms with E-state index in [2.05, 4.69) is 4.98 Å². The van der Waals surface area contributed by atoms with Crippen LogP contribution in [0.4, 0.5) is 0 Å². The Bertz CT molecular complexity index is 1010. The number of pyridine rings is 1. The zero-order valence-electron chi connectivity index (χ0n) is 12.9. The van der Waals surface area contributed by atoms with E-state index >= 15 is 0 Å². The molecule has 25 heavy (non-hydrogen) atoms. The Labute approximate surface area is 148 Å². The number of rotatable bonds is 4. The SMILES string of the molecule is NC(=O)c1cc(C(=O)O)c2cc(/C=C/c3ccc(Cl)cc3)ccc2n1. The van der Waals surface area contributed by atoms with Crippen molar-refractivity contribution in [3.05, 3.63) is 75.9 Å². The summed E-state index contributed by atoms with van der Waals surface area (Å²) in [6.45, 7) is 0. The maximum Gasteiger partial charge on any atom is 0.336 e. The molecule has 0 fully saturated rings. The van der Waals surface area contributed by atoms with Crippen molar-refractivity contribution in [2.45, 2.75) is 0 Å². The summed E-state index contributed by atoms with van der Waals surface area (Å²) in [5, 5.41) is 10.5. The minimum absolute atomic E-state index is 0.0134. The van der Waals surface area contributed by atoms with Crippen LogP contribution in [0.2, 0.25) is 5.02 Å². The third-order valence-corrected chi connectivity index (χ3v) is 3.91. The van der Waals surface area contributed by atoms with E-state index in [1.165, 1.54) is 6.07 Å². The molecule has 0 radical (unpaired) electrons. The van der Waals surface area contributed by atoms with Gasteiger partial charge >= 0.3 is 5.97 Å². The summed E-state index contributed by atoms with van der Waals surface area (Å²) in [5.74, 6) is -1.91. The number of aromatic nitrogens is 1. The molecule has 124 valence electrons. The van der Waals surface area contributed by atoms with E-state index in [0.717, 1.165) is 11.1 Å². The fourth-order valence-corrected chi connectivity index (χ4v) is 2.54. The molecular formula is C19H13ClN2O3. The largest absolute Gasteiger partial charge is 0.478 e. The standard InChI is InChI=1S/C19H13ClN2O3/c20-13-6-3-11(4-7-13)1-2-12-5-8-16-14(9-12)15(19(24)25)10-17(22-16)18(21)23/h1-10H,(H2,21,23)(H,24,25)/b2-1+. The lowest BCUT2D eigenvalue weighted by atomic mass is 10.0. The Morgan fingerprint density at radius 3 is 2.28 bits per heavy atom. The van der Waals surface area contributed by atoms with Gasteiger partial charge in [-0.25, -0.2) is 9.78 Å². The van der Waals surface area contributed by atoms with Crippen molar-refractivity contribution in [2.24, 2.45) is 5.73 Å². The second-order valence-corrected chi connectivity index (χ2v) is 5.82. The number of halogens is 1. The van der Waals surface area contributed by atoms with Gasteiger partial charge in [-0.15, -0.1) is 0 Å². The number of fused-ring (bicyclic) bond motifs is 1. The predicted molar refractivity (Wildman–Crippen MR) is 97.6 cm³/mol. The summed E-state index contributed by atoms with van der Waals surface area (Å²) in [5.41, 5.74) is 7.29. The lowest BCUT2D eigenvalue weighted by Crippen LogP contribution is -2.14. The second kappa shape index (κ2) is 6.75. The summed E-state index contributed by atoms with van der Waals surface area (Å²) in [7, 11) is 0. The number of nitrogens with two attached hydrogens (primary N) is 1. The first kappa shape index (κ1) is 16.7. The lowest BCUT2D eigenvalue weighted by molar-refractivity contribution is 0.0699. The van der Waals surface area contributed by atoms with Gasteiger partial charge in [0.15, 0.2) is 0 Å². The van der Waals surface area contributed by atoms with E-state index in [1.54, 1.807) is 30.3 Å². The lowest BCUT2D eigenvalue weighted by Gasteiger charge is -2.06. The van der Waals surface area contributed by atoms with Crippen molar-refractivity contribution in [3.63, 3.8) is 0 Å². The van der Waals surface area contributed by atoms with Gasteiger partial charge < -0.3 is 10.8 Å². The summed E-state index contributed by atoms with van der Waals surface area (Å²) in [6, 6.07) is 13.7. The third kappa shape index (κ3) is 3.67. The van der Waals surface area contributed by atoms with Gasteiger partial charge in [0.05, 0.1) is 11.1 Å². The molecule has 0 unspecified atom stereocenters. The zero-order chi connectivity index (χ0) is 18.0. The number of primary amides is 1. The van der Waals surface area contributed by atoms with Crippen LogP contribution in [0.25, 0.3) is 23.1 Å². The van der Waals surface area contributed by atoms with E-state index in [4.69, 9.17) is 17.3 Å². The van der Waals surface area contributed by atoms with Crippen LogP contribution in [0.5, 0.6) is 0 Å². The van der Waals surface area contributed by atoms with Crippen LogP contribution in [0, 0.1) is 0 Å². The van der Waals surface area contributed by atoms with Crippen molar-refractivity contribution in [1.82, 2.24) is 4.98 Å². The molecule has 0 aliphatic carbocycles. The Hall–Kier alpha value is -3.18. The molecule has 1 heterocycles. The Balaban J connectivity index is 2.05. The van der Waals surface area contributed by atoms with E-state index in [1.807, 2.05) is 24.3 Å². The molecule has 0 saturated carbocycles. The topological polar surface area (TPSA) is 93.3 Å². The molecule has 0 aliphatic rings. The number of amides is 1. The van der Waals surface area contributed by atoms with Crippen LogP contribution in [-0.4, -0.2) is 22.0 Å². The highest BCUT2D eigenvalue weighted by atomic mass is 35.5. The second-order valence-electron chi connectivity index (χ2n) is 5.39. The van der Waals surface area contributed by atoms with Crippen LogP contribution in [0.1, 0.15) is 32.0 Å².